The molecule has 2 aliphatic carbocycles. The molecule has 26 heavy (non-hydrogen) atoms. The second kappa shape index (κ2) is 6.38. The summed E-state index contributed by atoms with van der Waals surface area (Å²) in [6.07, 6.45) is 5.62. The highest BCUT2D eigenvalue weighted by Gasteiger charge is 2.39. The first-order valence-electron chi connectivity index (χ1n) is 8.95. The lowest BCUT2D eigenvalue weighted by Crippen LogP contribution is -2.36. The van der Waals surface area contributed by atoms with Crippen molar-refractivity contribution in [2.45, 2.75) is 44.6 Å². The molecule has 142 valence electrons. The number of rotatable bonds is 5. The summed E-state index contributed by atoms with van der Waals surface area (Å²) in [5.74, 6) is -1.14. The van der Waals surface area contributed by atoms with Crippen LogP contribution in [0, 0.1) is 11.7 Å². The van der Waals surface area contributed by atoms with Crippen molar-refractivity contribution in [2.24, 2.45) is 5.92 Å². The van der Waals surface area contributed by atoms with Crippen molar-refractivity contribution in [1.29, 1.82) is 0 Å². The molecule has 9 heteroatoms. The number of halogens is 1. The Morgan fingerprint density at radius 1 is 1.35 bits per heavy atom. The van der Waals surface area contributed by atoms with Crippen LogP contribution in [-0.4, -0.2) is 38.6 Å². The monoisotopic (exact) mass is 383 g/mol. The third-order valence-electron chi connectivity index (χ3n) is 5.38. The molecule has 0 aromatic heterocycles. The van der Waals surface area contributed by atoms with Crippen LogP contribution in [0.2, 0.25) is 0 Å². The van der Waals surface area contributed by atoms with Crippen LogP contribution >= 0.6 is 0 Å². The number of phenolic OH excluding ortho intramolecular Hbond substituents is 1. The van der Waals surface area contributed by atoms with Crippen LogP contribution < -0.4 is 14.3 Å². The lowest BCUT2D eigenvalue weighted by molar-refractivity contribution is -0.117. The summed E-state index contributed by atoms with van der Waals surface area (Å²) in [4.78, 5) is 11.4. The molecule has 7 nitrogen and oxygen atoms in total. The summed E-state index contributed by atoms with van der Waals surface area (Å²) in [6, 6.07) is 1.55. The van der Waals surface area contributed by atoms with E-state index >= 15 is 4.39 Å². The Kier molecular flexibility index (Phi) is 4.31. The summed E-state index contributed by atoms with van der Waals surface area (Å²) in [6.45, 7) is 0.366. The first-order valence-corrected chi connectivity index (χ1v) is 10.4. The van der Waals surface area contributed by atoms with Crippen LogP contribution in [0.5, 0.6) is 5.75 Å². The first kappa shape index (κ1) is 17.5. The largest absolute Gasteiger partial charge is 0.506 e. The van der Waals surface area contributed by atoms with Gasteiger partial charge in [-0.3, -0.25) is 4.79 Å². The maximum Gasteiger partial charge on any atom is 0.326 e. The predicted octanol–water partition coefficient (Wildman–Crippen LogP) is 0.959. The van der Waals surface area contributed by atoms with Crippen LogP contribution in [0.3, 0.4) is 0 Å². The van der Waals surface area contributed by atoms with Gasteiger partial charge in [0.25, 0.3) is 5.91 Å². The summed E-state index contributed by atoms with van der Waals surface area (Å²) >= 11 is 0. The van der Waals surface area contributed by atoms with Gasteiger partial charge in [0.05, 0.1) is 0 Å². The molecule has 1 aliphatic heterocycles. The molecule has 1 unspecified atom stereocenters. The Balaban J connectivity index is 1.59. The molecule has 1 atom stereocenters. The molecule has 3 aliphatic rings. The minimum absolute atomic E-state index is 0.128. The second-order valence-electron chi connectivity index (χ2n) is 7.36. The first-order chi connectivity index (χ1) is 12.3. The number of hydrogen-bond donors (Lipinski definition) is 3. The number of nitrogens with one attached hydrogen (secondary N) is 2. The van der Waals surface area contributed by atoms with Gasteiger partial charge in [0, 0.05) is 6.04 Å². The molecule has 2 fully saturated rings. The number of benzene rings is 1. The third kappa shape index (κ3) is 3.25. The zero-order valence-electron chi connectivity index (χ0n) is 14.3. The fraction of sp³-hybridized carbons (Fsp3) is 0.588. The number of fused-ring (bicyclic) bond motifs is 1. The van der Waals surface area contributed by atoms with Crippen molar-refractivity contribution in [2.75, 3.05) is 17.4 Å². The maximum absolute atomic E-state index is 15.1. The molecule has 0 spiro atoms. The molecule has 1 heterocycles. The molecular weight excluding hydrogens is 361 g/mol. The third-order valence-corrected chi connectivity index (χ3v) is 6.76. The standard InChI is InChI=1S/C17H22FN3O4S/c18-16-13-8-12(19-6-5-10-1-2-10)4-3-11(13)7-14(22)17(16)21-9-15(23)20-26(21,24)25/h7,10,12,19,22H,1-6,8-9H2,(H,20,23). The maximum atomic E-state index is 15.1. The van der Waals surface area contributed by atoms with Gasteiger partial charge in [-0.05, 0) is 55.3 Å². The number of nitrogens with zero attached hydrogens (tertiary/aromatic N) is 1. The second-order valence-corrected chi connectivity index (χ2v) is 8.95. The van der Waals surface area contributed by atoms with Crippen LogP contribution in [0.15, 0.2) is 6.07 Å². The molecule has 1 amide bonds. The molecule has 0 bridgehead atoms. The van der Waals surface area contributed by atoms with Crippen molar-refractivity contribution >= 4 is 21.8 Å². The van der Waals surface area contributed by atoms with E-state index in [1.165, 1.54) is 18.9 Å². The number of aryl methyl sites for hydroxylation is 1. The summed E-state index contributed by atoms with van der Waals surface area (Å²) in [5, 5.41) is 13.7. The summed E-state index contributed by atoms with van der Waals surface area (Å²) in [5.41, 5.74) is 0.670. The van der Waals surface area contributed by atoms with E-state index in [9.17, 15) is 18.3 Å². The van der Waals surface area contributed by atoms with E-state index in [4.69, 9.17) is 0 Å². The van der Waals surface area contributed by atoms with Gasteiger partial charge in [-0.25, -0.2) is 13.4 Å². The highest BCUT2D eigenvalue weighted by molar-refractivity contribution is 7.92. The molecule has 0 radical (unpaired) electrons. The average Bonchev–Trinajstić information content (AvgIpc) is 3.33. The highest BCUT2D eigenvalue weighted by Crippen LogP contribution is 2.39. The fourth-order valence-corrected chi connectivity index (χ4v) is 4.96. The molecule has 1 aromatic carbocycles. The highest BCUT2D eigenvalue weighted by atomic mass is 32.2. The minimum Gasteiger partial charge on any atom is -0.506 e. The quantitative estimate of drug-likeness (QED) is 0.703. The van der Waals surface area contributed by atoms with Crippen LogP contribution in [0.25, 0.3) is 0 Å². The number of anilines is 1. The average molecular weight is 383 g/mol. The van der Waals surface area contributed by atoms with Crippen molar-refractivity contribution in [3.63, 3.8) is 0 Å². The molecular formula is C17H22FN3O4S. The number of phenols is 1. The minimum atomic E-state index is -4.17. The number of aromatic hydroxyl groups is 1. The number of hydrogen-bond acceptors (Lipinski definition) is 5. The number of amides is 1. The van der Waals surface area contributed by atoms with Gasteiger partial charge in [0.1, 0.15) is 18.0 Å². The molecule has 1 saturated carbocycles. The SMILES string of the molecule is O=C1CN(c2c(O)cc3c(c2F)CC(NCCC2CC2)CC3)S(=O)(=O)N1. The smallest absolute Gasteiger partial charge is 0.326 e. The molecule has 3 N–H and O–H groups in total. The molecule has 1 saturated heterocycles. The predicted molar refractivity (Wildman–Crippen MR) is 93.6 cm³/mol. The van der Waals surface area contributed by atoms with E-state index in [1.807, 2.05) is 0 Å². The van der Waals surface area contributed by atoms with Gasteiger partial charge in [-0.1, -0.05) is 12.8 Å². The van der Waals surface area contributed by atoms with E-state index in [-0.39, 0.29) is 6.04 Å². The lowest BCUT2D eigenvalue weighted by atomic mass is 9.87. The Hall–Kier alpha value is -1.87. The zero-order chi connectivity index (χ0) is 18.5. The van der Waals surface area contributed by atoms with Crippen molar-refractivity contribution < 1.29 is 22.7 Å². The number of carbonyl (C=O) groups is 1. The van der Waals surface area contributed by atoms with Crippen molar-refractivity contribution in [3.05, 3.63) is 23.0 Å². The van der Waals surface area contributed by atoms with Gasteiger partial charge in [0.15, 0.2) is 5.82 Å². The van der Waals surface area contributed by atoms with Crippen molar-refractivity contribution in [1.82, 2.24) is 10.0 Å². The normalized spacial score (nSPS) is 24.4. The van der Waals surface area contributed by atoms with E-state index in [2.05, 4.69) is 5.32 Å². The van der Waals surface area contributed by atoms with Crippen LogP contribution in [0.4, 0.5) is 10.1 Å². The summed E-state index contributed by atoms with van der Waals surface area (Å²) < 4.78 is 41.6. The Labute approximate surface area is 151 Å². The zero-order valence-corrected chi connectivity index (χ0v) is 15.1. The van der Waals surface area contributed by atoms with Gasteiger partial charge in [0.2, 0.25) is 0 Å². The molecule has 4 rings (SSSR count). The Morgan fingerprint density at radius 2 is 2.12 bits per heavy atom. The van der Waals surface area contributed by atoms with Crippen LogP contribution in [-0.2, 0) is 27.8 Å². The van der Waals surface area contributed by atoms with E-state index in [0.29, 0.717) is 28.3 Å². The van der Waals surface area contributed by atoms with Gasteiger partial charge in [-0.15, -0.1) is 0 Å². The number of carbonyl (C=O) groups excluding carboxylic acids is 1. The lowest BCUT2D eigenvalue weighted by Gasteiger charge is -2.28. The van der Waals surface area contributed by atoms with E-state index < -0.39 is 39.9 Å². The van der Waals surface area contributed by atoms with Gasteiger partial charge >= 0.3 is 10.2 Å². The van der Waals surface area contributed by atoms with E-state index in [1.54, 1.807) is 4.72 Å². The Bertz CT molecular complexity index is 854. The van der Waals surface area contributed by atoms with Crippen LogP contribution in [0.1, 0.15) is 36.8 Å². The fourth-order valence-electron chi connectivity index (χ4n) is 3.79. The van der Waals surface area contributed by atoms with Gasteiger partial charge < -0.3 is 10.4 Å². The Morgan fingerprint density at radius 3 is 2.77 bits per heavy atom. The van der Waals surface area contributed by atoms with E-state index in [0.717, 1.165) is 25.3 Å². The molecule has 1 aromatic rings. The van der Waals surface area contributed by atoms with Crippen molar-refractivity contribution in [3.8, 4) is 5.75 Å². The van der Waals surface area contributed by atoms with Gasteiger partial charge in [-0.2, -0.15) is 8.42 Å². The summed E-state index contributed by atoms with van der Waals surface area (Å²) in [7, 11) is -4.17. The topological polar surface area (TPSA) is 98.7 Å².